The minimum atomic E-state index is 0.155. The van der Waals surface area contributed by atoms with Crippen molar-refractivity contribution in [3.8, 4) is 0 Å². The van der Waals surface area contributed by atoms with E-state index in [4.69, 9.17) is 4.74 Å². The molecule has 0 aliphatic carbocycles. The Labute approximate surface area is 157 Å². The summed E-state index contributed by atoms with van der Waals surface area (Å²) in [5, 5.41) is 0. The normalized spacial score (nSPS) is 19.0. The molecule has 1 amide bonds. The molecule has 144 valence electrons. The van der Waals surface area contributed by atoms with Crippen LogP contribution in [0.1, 0.15) is 28.7 Å². The van der Waals surface area contributed by atoms with E-state index in [0.29, 0.717) is 6.54 Å². The fourth-order valence-corrected chi connectivity index (χ4v) is 4.18. The van der Waals surface area contributed by atoms with E-state index in [0.717, 1.165) is 76.0 Å². The Morgan fingerprint density at radius 2 is 1.77 bits per heavy atom. The highest BCUT2D eigenvalue weighted by Gasteiger charge is 2.30. The van der Waals surface area contributed by atoms with E-state index in [1.54, 1.807) is 0 Å². The highest BCUT2D eigenvalue weighted by atomic mass is 16.5. The van der Waals surface area contributed by atoms with Crippen molar-refractivity contribution in [2.24, 2.45) is 0 Å². The van der Waals surface area contributed by atoms with Crippen LogP contribution in [0.25, 0.3) is 0 Å². The second kappa shape index (κ2) is 8.27. The van der Waals surface area contributed by atoms with E-state index in [2.05, 4.69) is 41.7 Å². The molecule has 1 aromatic rings. The molecule has 6 heteroatoms. The second-order valence-electron chi connectivity index (χ2n) is 7.13. The molecule has 3 rings (SSSR count). The summed E-state index contributed by atoms with van der Waals surface area (Å²) < 4.78 is 7.64. The van der Waals surface area contributed by atoms with E-state index < -0.39 is 0 Å². The lowest BCUT2D eigenvalue weighted by Crippen LogP contribution is -2.49. The van der Waals surface area contributed by atoms with Crippen molar-refractivity contribution in [2.45, 2.75) is 27.3 Å². The van der Waals surface area contributed by atoms with Crippen LogP contribution in [0.5, 0.6) is 0 Å². The predicted octanol–water partition coefficient (Wildman–Crippen LogP) is 1.91. The summed E-state index contributed by atoms with van der Waals surface area (Å²) in [6.45, 7) is 18.8. The molecule has 0 bridgehead atoms. The summed E-state index contributed by atoms with van der Waals surface area (Å²) in [7, 11) is 0. The van der Waals surface area contributed by atoms with Crippen LogP contribution in [0, 0.1) is 13.8 Å². The number of nitrogens with zero attached hydrogens (tertiary/aromatic N) is 4. The molecule has 0 atom stereocenters. The number of hydrogen-bond donors (Lipinski definition) is 0. The van der Waals surface area contributed by atoms with E-state index >= 15 is 0 Å². The number of carbonyl (C=O) groups excluding carboxylic acids is 1. The van der Waals surface area contributed by atoms with Crippen LogP contribution in [-0.2, 0) is 11.3 Å². The lowest BCUT2D eigenvalue weighted by molar-refractivity contribution is 0.0632. The highest BCUT2D eigenvalue weighted by Crippen LogP contribution is 2.32. The van der Waals surface area contributed by atoms with Gasteiger partial charge < -0.3 is 24.0 Å². The molecule has 2 aliphatic heterocycles. The molecular weight excluding hydrogens is 328 g/mol. The minimum Gasteiger partial charge on any atom is -0.378 e. The molecule has 1 aromatic heterocycles. The number of allylic oxidation sites excluding steroid dienone is 1. The van der Waals surface area contributed by atoms with Gasteiger partial charge in [-0.1, -0.05) is 13.0 Å². The fraction of sp³-hybridized carbons (Fsp3) is 0.650. The van der Waals surface area contributed by atoms with Gasteiger partial charge in [0.25, 0.3) is 5.91 Å². The molecule has 0 N–H and O–H groups in total. The molecular formula is C20H32N4O2. The van der Waals surface area contributed by atoms with Gasteiger partial charge in [-0.2, -0.15) is 0 Å². The Balaban J connectivity index is 1.92. The van der Waals surface area contributed by atoms with Crippen molar-refractivity contribution in [1.29, 1.82) is 0 Å². The molecule has 0 spiro atoms. The van der Waals surface area contributed by atoms with Gasteiger partial charge in [0.05, 0.1) is 18.9 Å². The number of carbonyl (C=O) groups is 1. The van der Waals surface area contributed by atoms with Crippen molar-refractivity contribution >= 4 is 11.6 Å². The first kappa shape index (κ1) is 19.0. The number of rotatable bonds is 5. The van der Waals surface area contributed by atoms with Crippen LogP contribution >= 0.6 is 0 Å². The van der Waals surface area contributed by atoms with Crippen LogP contribution in [0.3, 0.4) is 0 Å². The average molecular weight is 361 g/mol. The maximum atomic E-state index is 13.4. The summed E-state index contributed by atoms with van der Waals surface area (Å²) in [6.07, 6.45) is 1.88. The first-order chi connectivity index (χ1) is 12.6. The lowest BCUT2D eigenvalue weighted by atomic mass is 10.1. The minimum absolute atomic E-state index is 0.155. The Kier molecular flexibility index (Phi) is 6.04. The fourth-order valence-electron chi connectivity index (χ4n) is 4.18. The average Bonchev–Trinajstić information content (AvgIpc) is 2.92. The van der Waals surface area contributed by atoms with E-state index in [-0.39, 0.29) is 5.91 Å². The quantitative estimate of drug-likeness (QED) is 0.752. The third-order valence-corrected chi connectivity index (χ3v) is 5.68. The van der Waals surface area contributed by atoms with Gasteiger partial charge in [0.2, 0.25) is 0 Å². The Hall–Kier alpha value is -1.79. The van der Waals surface area contributed by atoms with E-state index in [1.165, 1.54) is 5.69 Å². The van der Waals surface area contributed by atoms with Gasteiger partial charge in [-0.05, 0) is 20.4 Å². The maximum Gasteiger partial charge on any atom is 0.270 e. The number of likely N-dealkylation sites (N-methyl/N-ethyl adjacent to an activating group) is 1. The van der Waals surface area contributed by atoms with Gasteiger partial charge >= 0.3 is 0 Å². The zero-order valence-electron chi connectivity index (χ0n) is 16.5. The Morgan fingerprint density at radius 1 is 1.12 bits per heavy atom. The van der Waals surface area contributed by atoms with Crippen molar-refractivity contribution in [3.63, 3.8) is 0 Å². The van der Waals surface area contributed by atoms with Crippen LogP contribution in [0.4, 0.5) is 5.69 Å². The summed E-state index contributed by atoms with van der Waals surface area (Å²) in [5.74, 6) is 0.155. The zero-order valence-corrected chi connectivity index (χ0v) is 16.5. The van der Waals surface area contributed by atoms with Crippen LogP contribution in [0.15, 0.2) is 12.7 Å². The van der Waals surface area contributed by atoms with Crippen molar-refractivity contribution in [3.05, 3.63) is 29.6 Å². The molecule has 6 nitrogen and oxygen atoms in total. The summed E-state index contributed by atoms with van der Waals surface area (Å²) in [5.41, 5.74) is 4.27. The molecule has 0 unspecified atom stereocenters. The third-order valence-electron chi connectivity index (χ3n) is 5.68. The molecule has 0 aromatic carbocycles. The van der Waals surface area contributed by atoms with Crippen LogP contribution in [-0.4, -0.2) is 79.3 Å². The molecule has 2 aliphatic rings. The number of aromatic nitrogens is 1. The van der Waals surface area contributed by atoms with Crippen molar-refractivity contribution < 1.29 is 9.53 Å². The van der Waals surface area contributed by atoms with E-state index in [1.807, 2.05) is 11.0 Å². The van der Waals surface area contributed by atoms with Crippen molar-refractivity contribution in [2.75, 3.05) is 63.9 Å². The number of ether oxygens (including phenoxy) is 1. The first-order valence-corrected chi connectivity index (χ1v) is 9.73. The maximum absolute atomic E-state index is 13.4. The lowest BCUT2D eigenvalue weighted by Gasteiger charge is -2.34. The largest absolute Gasteiger partial charge is 0.378 e. The summed E-state index contributed by atoms with van der Waals surface area (Å²) >= 11 is 0. The first-order valence-electron chi connectivity index (χ1n) is 9.73. The molecule has 2 fully saturated rings. The van der Waals surface area contributed by atoms with E-state index in [9.17, 15) is 4.79 Å². The molecule has 26 heavy (non-hydrogen) atoms. The highest BCUT2D eigenvalue weighted by molar-refractivity contribution is 5.96. The SMILES string of the molecule is C=CCn1c(C)c(N2CCOCC2)c(C)c1C(=O)N1CCN(CC)CC1. The van der Waals surface area contributed by atoms with Crippen LogP contribution in [0.2, 0.25) is 0 Å². The van der Waals surface area contributed by atoms with Gasteiger partial charge in [0, 0.05) is 57.1 Å². The topological polar surface area (TPSA) is 41.0 Å². The Morgan fingerprint density at radius 3 is 2.35 bits per heavy atom. The monoisotopic (exact) mass is 360 g/mol. The predicted molar refractivity (Wildman–Crippen MR) is 105 cm³/mol. The molecule has 2 saturated heterocycles. The van der Waals surface area contributed by atoms with Crippen molar-refractivity contribution in [1.82, 2.24) is 14.4 Å². The number of morpholine rings is 1. The van der Waals surface area contributed by atoms with Gasteiger partial charge in [0.15, 0.2) is 0 Å². The zero-order chi connectivity index (χ0) is 18.7. The van der Waals surface area contributed by atoms with Crippen LogP contribution < -0.4 is 4.90 Å². The number of anilines is 1. The number of amides is 1. The smallest absolute Gasteiger partial charge is 0.270 e. The number of piperazine rings is 1. The molecule has 0 saturated carbocycles. The van der Waals surface area contributed by atoms with Gasteiger partial charge in [0.1, 0.15) is 5.69 Å². The number of hydrogen-bond acceptors (Lipinski definition) is 4. The summed E-state index contributed by atoms with van der Waals surface area (Å²) in [4.78, 5) is 20.1. The second-order valence-corrected chi connectivity index (χ2v) is 7.13. The van der Waals surface area contributed by atoms with Gasteiger partial charge in [-0.25, -0.2) is 0 Å². The van der Waals surface area contributed by atoms with Gasteiger partial charge in [-0.3, -0.25) is 4.79 Å². The van der Waals surface area contributed by atoms with Gasteiger partial charge in [-0.15, -0.1) is 6.58 Å². The Bertz CT molecular complexity index is 653. The molecule has 0 radical (unpaired) electrons. The third kappa shape index (κ3) is 3.53. The molecule has 3 heterocycles. The summed E-state index contributed by atoms with van der Waals surface area (Å²) in [6, 6.07) is 0. The standard InChI is InChI=1S/C20H32N4O2/c1-5-7-24-17(4)18(22-12-14-26-15-13-22)16(3)19(24)20(25)23-10-8-21(6-2)9-11-23/h5H,1,6-15H2,2-4H3.